The minimum absolute atomic E-state index is 0.0829. The van der Waals surface area contributed by atoms with Gasteiger partial charge in [0.05, 0.1) is 35.9 Å². The number of nitrogens with zero attached hydrogens (tertiary/aromatic N) is 8. The minimum Gasteiger partial charge on any atom is -0.340 e. The third kappa shape index (κ3) is 8.21. The zero-order valence-electron chi connectivity index (χ0n) is 35.4. The Labute approximate surface area is 363 Å². The Morgan fingerprint density at radius 1 is 0.468 bits per heavy atom. The molecule has 0 aliphatic carbocycles. The fourth-order valence-electron chi connectivity index (χ4n) is 10.3. The van der Waals surface area contributed by atoms with Crippen LogP contribution < -0.4 is 0 Å². The first-order chi connectivity index (χ1) is 30.6. The van der Waals surface area contributed by atoms with Gasteiger partial charge in [-0.15, -0.1) is 0 Å². The van der Waals surface area contributed by atoms with Crippen LogP contribution in [-0.4, -0.2) is 101 Å². The molecule has 3 aromatic heterocycles. The number of piperidine rings is 2. The van der Waals surface area contributed by atoms with Crippen LogP contribution in [0.25, 0.3) is 33.9 Å². The van der Waals surface area contributed by atoms with Crippen LogP contribution in [0.3, 0.4) is 0 Å². The maximum absolute atomic E-state index is 14.4. The van der Waals surface area contributed by atoms with Crippen molar-refractivity contribution in [3.05, 3.63) is 132 Å². The Morgan fingerprint density at radius 3 is 1.37 bits per heavy atom. The monoisotopic (exact) mass is 828 g/mol. The molecule has 3 aromatic carbocycles. The lowest BCUT2D eigenvalue weighted by atomic mass is 10.00. The third-order valence-corrected chi connectivity index (χ3v) is 13.5. The molecule has 4 saturated heterocycles. The first-order valence-electron chi connectivity index (χ1n) is 22.8. The van der Waals surface area contributed by atoms with Gasteiger partial charge in [0.15, 0.2) is 5.82 Å². The molecular weight excluding hydrogens is 773 g/mol. The standard InChI is InChI=1S/C50H56N10O2/c61-49(44(36-15-5-1-6-16-36)57-25-9-3-10-26-57)59-29-13-19-42(59)47-53-33-40(55-47)35-21-23-38(24-22-35)46-51-31-39(32-52-46)41-34-54-48(56-41)43-20-14-30-60(43)50(62)45(37-17-7-2-8-18-37)58-27-11-4-12-28-58/h1-2,5-8,15-18,21-24,31-34,42-45H,3-4,9-14,19-20,25-30H2,(H,53,55)(H,54,56)/t42?,43?,44-,45-/m0/s1. The minimum atomic E-state index is -0.277. The van der Waals surface area contributed by atoms with Crippen LogP contribution in [0.4, 0.5) is 0 Å². The van der Waals surface area contributed by atoms with Gasteiger partial charge in [-0.25, -0.2) is 19.9 Å². The van der Waals surface area contributed by atoms with Gasteiger partial charge in [-0.1, -0.05) is 97.8 Å². The molecule has 7 heterocycles. The van der Waals surface area contributed by atoms with Crippen LogP contribution in [-0.2, 0) is 9.59 Å². The number of aromatic nitrogens is 6. The highest BCUT2D eigenvalue weighted by Gasteiger charge is 2.40. The van der Waals surface area contributed by atoms with Gasteiger partial charge < -0.3 is 19.8 Å². The number of rotatable bonds is 11. The van der Waals surface area contributed by atoms with E-state index in [1.807, 2.05) is 78.2 Å². The first-order valence-corrected chi connectivity index (χ1v) is 22.8. The fraction of sp³-hybridized carbons (Fsp3) is 0.400. The first kappa shape index (κ1) is 40.1. The summed E-state index contributed by atoms with van der Waals surface area (Å²) in [6.45, 7) is 5.25. The lowest BCUT2D eigenvalue weighted by Gasteiger charge is -2.37. The lowest BCUT2D eigenvalue weighted by molar-refractivity contribution is -0.139. The summed E-state index contributed by atoms with van der Waals surface area (Å²) >= 11 is 0. The SMILES string of the molecule is O=C([C@H](c1ccccc1)N1CCCCC1)N1CCCC1c1ncc(-c2ccc(-c3ncc(-c4cnc(C5CCCN5C(=O)[C@H](c5ccccc5)N5CCCCC5)[nH]4)cn3)cc2)[nH]1. The van der Waals surface area contributed by atoms with E-state index in [9.17, 15) is 9.59 Å². The Morgan fingerprint density at radius 2 is 0.903 bits per heavy atom. The summed E-state index contributed by atoms with van der Waals surface area (Å²) < 4.78 is 0. The molecule has 12 nitrogen and oxygen atoms in total. The molecule has 0 bridgehead atoms. The molecule has 62 heavy (non-hydrogen) atoms. The number of H-pyrrole nitrogens is 2. The highest BCUT2D eigenvalue weighted by molar-refractivity contribution is 5.85. The molecule has 318 valence electrons. The smallest absolute Gasteiger partial charge is 0.245 e. The Bertz CT molecular complexity index is 2250. The summed E-state index contributed by atoms with van der Waals surface area (Å²) in [6, 6.07) is 28.0. The largest absolute Gasteiger partial charge is 0.340 e. The van der Waals surface area contributed by atoms with Crippen molar-refractivity contribution < 1.29 is 9.59 Å². The summed E-state index contributed by atoms with van der Waals surface area (Å²) in [7, 11) is 0. The van der Waals surface area contributed by atoms with Crippen LogP contribution in [0.15, 0.2) is 110 Å². The molecule has 4 aliphatic rings. The van der Waals surface area contributed by atoms with Gasteiger partial charge in [0, 0.05) is 36.6 Å². The van der Waals surface area contributed by atoms with Crippen LogP contribution in [0, 0.1) is 0 Å². The van der Waals surface area contributed by atoms with E-state index in [0.717, 1.165) is 141 Å². The van der Waals surface area contributed by atoms with E-state index in [-0.39, 0.29) is 36.0 Å². The van der Waals surface area contributed by atoms with Gasteiger partial charge in [-0.3, -0.25) is 19.4 Å². The molecule has 4 fully saturated rings. The van der Waals surface area contributed by atoms with E-state index in [2.05, 4.69) is 61.1 Å². The zero-order chi connectivity index (χ0) is 41.8. The fourth-order valence-corrected chi connectivity index (χ4v) is 10.3. The average Bonchev–Trinajstić information content (AvgIpc) is 4.19. The van der Waals surface area contributed by atoms with Gasteiger partial charge >= 0.3 is 0 Å². The molecule has 0 saturated carbocycles. The molecule has 4 atom stereocenters. The van der Waals surface area contributed by atoms with Gasteiger partial charge in [-0.05, 0) is 94.2 Å². The number of aromatic amines is 2. The van der Waals surface area contributed by atoms with Crippen LogP contribution >= 0.6 is 0 Å². The number of benzene rings is 3. The predicted octanol–water partition coefficient (Wildman–Crippen LogP) is 8.71. The van der Waals surface area contributed by atoms with Crippen LogP contribution in [0.5, 0.6) is 0 Å². The molecular formula is C50H56N10O2. The van der Waals surface area contributed by atoms with Crippen LogP contribution in [0.2, 0.25) is 0 Å². The van der Waals surface area contributed by atoms with E-state index in [1.54, 1.807) is 0 Å². The van der Waals surface area contributed by atoms with Crippen molar-refractivity contribution in [3.63, 3.8) is 0 Å². The molecule has 0 radical (unpaired) electrons. The normalized spacial score (nSPS) is 21.0. The highest BCUT2D eigenvalue weighted by atomic mass is 16.2. The Hall–Kier alpha value is -5.98. The molecule has 6 aromatic rings. The van der Waals surface area contributed by atoms with E-state index in [0.29, 0.717) is 5.82 Å². The van der Waals surface area contributed by atoms with Crippen molar-refractivity contribution in [2.75, 3.05) is 39.3 Å². The van der Waals surface area contributed by atoms with Gasteiger partial charge in [-0.2, -0.15) is 0 Å². The number of carbonyl (C=O) groups excluding carboxylic acids is 2. The quantitative estimate of drug-likeness (QED) is 0.133. The van der Waals surface area contributed by atoms with Crippen molar-refractivity contribution >= 4 is 11.8 Å². The van der Waals surface area contributed by atoms with E-state index in [4.69, 9.17) is 19.9 Å². The Kier molecular flexibility index (Phi) is 11.8. The van der Waals surface area contributed by atoms with Gasteiger partial charge in [0.25, 0.3) is 0 Å². The third-order valence-electron chi connectivity index (χ3n) is 13.5. The number of hydrogen-bond donors (Lipinski definition) is 2. The summed E-state index contributed by atoms with van der Waals surface area (Å²) in [6.07, 6.45) is 18.0. The summed E-state index contributed by atoms with van der Waals surface area (Å²) in [5.74, 6) is 2.61. The molecule has 10 rings (SSSR count). The van der Waals surface area contributed by atoms with Crippen molar-refractivity contribution in [3.8, 4) is 33.9 Å². The maximum Gasteiger partial charge on any atom is 0.245 e. The lowest BCUT2D eigenvalue weighted by Crippen LogP contribution is -2.44. The molecule has 2 unspecified atom stereocenters. The van der Waals surface area contributed by atoms with Gasteiger partial charge in [0.2, 0.25) is 11.8 Å². The number of imidazole rings is 2. The van der Waals surface area contributed by atoms with Crippen molar-refractivity contribution in [2.45, 2.75) is 88.4 Å². The van der Waals surface area contributed by atoms with E-state index >= 15 is 0 Å². The van der Waals surface area contributed by atoms with E-state index in [1.165, 1.54) is 12.8 Å². The van der Waals surface area contributed by atoms with Gasteiger partial charge in [0.1, 0.15) is 23.7 Å². The molecule has 12 heteroatoms. The summed E-state index contributed by atoms with van der Waals surface area (Å²) in [5, 5.41) is 0. The second-order valence-corrected chi connectivity index (χ2v) is 17.4. The number of amides is 2. The molecule has 0 spiro atoms. The summed E-state index contributed by atoms with van der Waals surface area (Å²) in [5.41, 5.74) is 6.63. The zero-order valence-corrected chi connectivity index (χ0v) is 35.4. The second kappa shape index (κ2) is 18.2. The van der Waals surface area contributed by atoms with Crippen molar-refractivity contribution in [1.29, 1.82) is 0 Å². The average molecular weight is 829 g/mol. The highest BCUT2D eigenvalue weighted by Crippen LogP contribution is 2.38. The predicted molar refractivity (Wildman–Crippen MR) is 239 cm³/mol. The van der Waals surface area contributed by atoms with Crippen LogP contribution in [0.1, 0.15) is 111 Å². The number of carbonyl (C=O) groups is 2. The number of likely N-dealkylation sites (tertiary alicyclic amines) is 4. The topological polar surface area (TPSA) is 130 Å². The number of hydrogen-bond acceptors (Lipinski definition) is 8. The molecule has 4 aliphatic heterocycles. The van der Waals surface area contributed by atoms with Crippen molar-refractivity contribution in [1.82, 2.24) is 49.5 Å². The summed E-state index contributed by atoms with van der Waals surface area (Å²) in [4.78, 5) is 63.9. The number of nitrogens with one attached hydrogen (secondary N) is 2. The van der Waals surface area contributed by atoms with E-state index < -0.39 is 0 Å². The van der Waals surface area contributed by atoms with Crippen molar-refractivity contribution in [2.24, 2.45) is 0 Å². The molecule has 2 N–H and O–H groups in total. The molecule has 2 amide bonds. The second-order valence-electron chi connectivity index (χ2n) is 17.4. The Balaban J connectivity index is 0.804. The maximum atomic E-state index is 14.4.